The molecule has 0 aromatic carbocycles. The molecule has 0 unspecified atom stereocenters. The zero-order valence-corrected chi connectivity index (χ0v) is 11.7. The van der Waals surface area contributed by atoms with E-state index in [1.807, 2.05) is 0 Å². The molecule has 1 amide bonds. The average molecular weight is 241 g/mol. The van der Waals surface area contributed by atoms with Crippen molar-refractivity contribution in [2.45, 2.75) is 47.0 Å². The molecule has 1 N–H and O–H groups in total. The first-order valence-corrected chi connectivity index (χ1v) is 6.76. The molecule has 1 aliphatic heterocycles. The van der Waals surface area contributed by atoms with Crippen molar-refractivity contribution in [3.8, 4) is 0 Å². The van der Waals surface area contributed by atoms with Crippen LogP contribution in [0.3, 0.4) is 0 Å². The fourth-order valence-corrected chi connectivity index (χ4v) is 2.60. The smallest absolute Gasteiger partial charge is 0.225 e. The molecule has 0 aromatic rings. The molecule has 17 heavy (non-hydrogen) atoms. The van der Waals surface area contributed by atoms with Gasteiger partial charge in [-0.1, -0.05) is 27.7 Å². The second-order valence-corrected chi connectivity index (χ2v) is 6.39. The van der Waals surface area contributed by atoms with Gasteiger partial charge < -0.3 is 10.1 Å². The Bertz CT molecular complexity index is 243. The van der Waals surface area contributed by atoms with Gasteiger partial charge in [0.05, 0.1) is 12.5 Å². The summed E-state index contributed by atoms with van der Waals surface area (Å²) in [6.07, 6.45) is 3.11. The van der Waals surface area contributed by atoms with E-state index in [0.717, 1.165) is 32.4 Å². The topological polar surface area (TPSA) is 38.3 Å². The number of hydrogen-bond donors (Lipinski definition) is 1. The van der Waals surface area contributed by atoms with E-state index in [1.54, 1.807) is 0 Å². The minimum atomic E-state index is 0.0681. The molecular weight excluding hydrogens is 214 g/mol. The average Bonchev–Trinajstić information content (AvgIpc) is 2.25. The Morgan fingerprint density at radius 3 is 2.71 bits per heavy atom. The number of ether oxygens (including phenoxy) is 1. The molecule has 0 spiro atoms. The van der Waals surface area contributed by atoms with E-state index in [9.17, 15) is 4.79 Å². The molecule has 100 valence electrons. The summed E-state index contributed by atoms with van der Waals surface area (Å²) in [4.78, 5) is 11.9. The predicted octanol–water partition coefficient (Wildman–Crippen LogP) is 2.60. The van der Waals surface area contributed by atoms with Gasteiger partial charge in [0.1, 0.15) is 0 Å². The first-order chi connectivity index (χ1) is 7.91. The number of rotatable bonds is 5. The van der Waals surface area contributed by atoms with Gasteiger partial charge in [0, 0.05) is 13.2 Å². The molecule has 0 radical (unpaired) electrons. The Morgan fingerprint density at radius 1 is 1.47 bits per heavy atom. The van der Waals surface area contributed by atoms with Crippen molar-refractivity contribution < 1.29 is 9.53 Å². The maximum atomic E-state index is 11.9. The van der Waals surface area contributed by atoms with E-state index in [4.69, 9.17) is 4.74 Å². The third-order valence-electron chi connectivity index (χ3n) is 3.23. The summed E-state index contributed by atoms with van der Waals surface area (Å²) >= 11 is 0. The zero-order valence-electron chi connectivity index (χ0n) is 11.7. The lowest BCUT2D eigenvalue weighted by atomic mass is 9.84. The Hall–Kier alpha value is -0.570. The van der Waals surface area contributed by atoms with E-state index < -0.39 is 0 Å². The summed E-state index contributed by atoms with van der Waals surface area (Å²) < 4.78 is 5.34. The summed E-state index contributed by atoms with van der Waals surface area (Å²) in [5, 5.41) is 3.08. The summed E-state index contributed by atoms with van der Waals surface area (Å²) in [5.41, 5.74) is 0.180. The highest BCUT2D eigenvalue weighted by Gasteiger charge is 2.25. The Balaban J connectivity index is 2.31. The van der Waals surface area contributed by atoms with Gasteiger partial charge in [-0.2, -0.15) is 0 Å². The molecule has 1 atom stereocenters. The second kappa shape index (κ2) is 6.39. The van der Waals surface area contributed by atoms with Crippen LogP contribution in [0.15, 0.2) is 0 Å². The number of carbonyl (C=O) groups is 1. The normalized spacial score (nSPS) is 21.6. The zero-order chi connectivity index (χ0) is 12.9. The molecule has 1 fully saturated rings. The lowest BCUT2D eigenvalue weighted by molar-refractivity contribution is -0.129. The molecule has 0 aliphatic carbocycles. The van der Waals surface area contributed by atoms with Gasteiger partial charge in [0.25, 0.3) is 0 Å². The van der Waals surface area contributed by atoms with E-state index in [1.165, 1.54) is 0 Å². The minimum Gasteiger partial charge on any atom is -0.381 e. The van der Waals surface area contributed by atoms with Crippen LogP contribution in [0.25, 0.3) is 0 Å². The highest BCUT2D eigenvalue weighted by Crippen LogP contribution is 2.24. The minimum absolute atomic E-state index is 0.0681. The lowest BCUT2D eigenvalue weighted by Gasteiger charge is -2.28. The molecule has 1 aliphatic rings. The van der Waals surface area contributed by atoms with Crippen LogP contribution >= 0.6 is 0 Å². The fourth-order valence-electron chi connectivity index (χ4n) is 2.60. The van der Waals surface area contributed by atoms with Crippen LogP contribution in [0.5, 0.6) is 0 Å². The van der Waals surface area contributed by atoms with Crippen molar-refractivity contribution in [3.05, 3.63) is 0 Å². The molecule has 1 saturated heterocycles. The van der Waals surface area contributed by atoms with E-state index >= 15 is 0 Å². The van der Waals surface area contributed by atoms with Gasteiger partial charge in [-0.25, -0.2) is 0 Å². The molecule has 1 heterocycles. The molecule has 0 saturated carbocycles. The highest BCUT2D eigenvalue weighted by molar-refractivity contribution is 5.78. The first kappa shape index (κ1) is 14.5. The van der Waals surface area contributed by atoms with Crippen LogP contribution in [0.4, 0.5) is 0 Å². The van der Waals surface area contributed by atoms with E-state index in [2.05, 4.69) is 33.0 Å². The first-order valence-electron chi connectivity index (χ1n) is 6.76. The SMILES string of the molecule is CC(C)CC(C)(C)CNC(=O)[C@@H]1CCCOC1. The van der Waals surface area contributed by atoms with Gasteiger partial charge in [-0.05, 0) is 30.6 Å². The predicted molar refractivity (Wildman–Crippen MR) is 69.8 cm³/mol. The fraction of sp³-hybridized carbons (Fsp3) is 0.929. The van der Waals surface area contributed by atoms with Gasteiger partial charge in [0.2, 0.25) is 5.91 Å². The lowest BCUT2D eigenvalue weighted by Crippen LogP contribution is -2.40. The highest BCUT2D eigenvalue weighted by atomic mass is 16.5. The Labute approximate surface area is 105 Å². The molecule has 1 rings (SSSR count). The number of hydrogen-bond acceptors (Lipinski definition) is 2. The van der Waals surface area contributed by atoms with E-state index in [-0.39, 0.29) is 17.2 Å². The number of amides is 1. The van der Waals surface area contributed by atoms with Crippen LogP contribution in [0.1, 0.15) is 47.0 Å². The van der Waals surface area contributed by atoms with Crippen LogP contribution in [-0.2, 0) is 9.53 Å². The monoisotopic (exact) mass is 241 g/mol. The van der Waals surface area contributed by atoms with Crippen molar-refractivity contribution in [1.82, 2.24) is 5.32 Å². The Kier molecular flexibility index (Phi) is 5.44. The number of nitrogens with one attached hydrogen (secondary N) is 1. The van der Waals surface area contributed by atoms with Crippen LogP contribution in [0, 0.1) is 17.3 Å². The summed E-state index contributed by atoms with van der Waals surface area (Å²) in [6.45, 7) is 11.0. The van der Waals surface area contributed by atoms with Crippen molar-refractivity contribution in [2.24, 2.45) is 17.3 Å². The van der Waals surface area contributed by atoms with Crippen molar-refractivity contribution in [3.63, 3.8) is 0 Å². The third kappa shape index (κ3) is 5.53. The van der Waals surface area contributed by atoms with Gasteiger partial charge in [0.15, 0.2) is 0 Å². The summed E-state index contributed by atoms with van der Waals surface area (Å²) in [7, 11) is 0. The van der Waals surface area contributed by atoms with Gasteiger partial charge >= 0.3 is 0 Å². The molecule has 0 bridgehead atoms. The van der Waals surface area contributed by atoms with Crippen molar-refractivity contribution >= 4 is 5.91 Å². The summed E-state index contributed by atoms with van der Waals surface area (Å²) in [6, 6.07) is 0. The second-order valence-electron chi connectivity index (χ2n) is 6.39. The standard InChI is InChI=1S/C14H27NO2/c1-11(2)8-14(3,4)10-15-13(16)12-6-5-7-17-9-12/h11-12H,5-10H2,1-4H3,(H,15,16)/t12-/m1/s1. The molecule has 3 heteroatoms. The summed E-state index contributed by atoms with van der Waals surface area (Å²) in [5.74, 6) is 0.903. The maximum absolute atomic E-state index is 11.9. The quantitative estimate of drug-likeness (QED) is 0.803. The third-order valence-corrected chi connectivity index (χ3v) is 3.23. The van der Waals surface area contributed by atoms with Crippen LogP contribution in [0.2, 0.25) is 0 Å². The maximum Gasteiger partial charge on any atom is 0.225 e. The number of carbonyl (C=O) groups excluding carboxylic acids is 1. The van der Waals surface area contributed by atoms with Gasteiger partial charge in [-0.3, -0.25) is 4.79 Å². The molecule has 3 nitrogen and oxygen atoms in total. The molecular formula is C14H27NO2. The largest absolute Gasteiger partial charge is 0.381 e. The van der Waals surface area contributed by atoms with Gasteiger partial charge in [-0.15, -0.1) is 0 Å². The van der Waals surface area contributed by atoms with E-state index in [0.29, 0.717) is 12.5 Å². The van der Waals surface area contributed by atoms with Crippen LogP contribution in [-0.4, -0.2) is 25.7 Å². The van der Waals surface area contributed by atoms with Crippen molar-refractivity contribution in [2.75, 3.05) is 19.8 Å². The van der Waals surface area contributed by atoms with Crippen LogP contribution < -0.4 is 5.32 Å². The Morgan fingerprint density at radius 2 is 2.18 bits per heavy atom. The van der Waals surface area contributed by atoms with Crippen molar-refractivity contribution in [1.29, 1.82) is 0 Å². The molecule has 0 aromatic heterocycles.